The van der Waals surface area contributed by atoms with Gasteiger partial charge in [-0.1, -0.05) is 60.4 Å². The molecule has 1 aliphatic rings. The summed E-state index contributed by atoms with van der Waals surface area (Å²) in [6.45, 7) is 3.62. The van der Waals surface area contributed by atoms with Gasteiger partial charge in [0.1, 0.15) is 4.32 Å². The van der Waals surface area contributed by atoms with E-state index in [0.717, 1.165) is 11.1 Å². The first-order chi connectivity index (χ1) is 16.0. The van der Waals surface area contributed by atoms with E-state index in [1.54, 1.807) is 31.3 Å². The monoisotopic (exact) mass is 484 g/mol. The Labute approximate surface area is 204 Å². The van der Waals surface area contributed by atoms with Crippen molar-refractivity contribution >= 4 is 46.2 Å². The third-order valence-corrected chi connectivity index (χ3v) is 6.68. The van der Waals surface area contributed by atoms with Crippen molar-refractivity contribution in [2.75, 3.05) is 27.3 Å². The van der Waals surface area contributed by atoms with Gasteiger partial charge in [-0.05, 0) is 42.7 Å². The van der Waals surface area contributed by atoms with Crippen LogP contribution in [0.15, 0.2) is 53.4 Å². The molecule has 8 heteroatoms. The van der Waals surface area contributed by atoms with Gasteiger partial charge >= 0.3 is 0 Å². The minimum absolute atomic E-state index is 0.0765. The van der Waals surface area contributed by atoms with Crippen molar-refractivity contribution in [3.8, 4) is 11.5 Å². The van der Waals surface area contributed by atoms with Crippen molar-refractivity contribution in [3.05, 3.63) is 64.6 Å². The lowest BCUT2D eigenvalue weighted by atomic mass is 10.1. The number of carbonyl (C=O) groups excluding carboxylic acids is 2. The van der Waals surface area contributed by atoms with Crippen LogP contribution in [0, 0.1) is 0 Å². The highest BCUT2D eigenvalue weighted by Gasteiger charge is 2.31. The quantitative estimate of drug-likeness (QED) is 0.359. The van der Waals surface area contributed by atoms with Crippen molar-refractivity contribution in [1.82, 2.24) is 9.80 Å². The lowest BCUT2D eigenvalue weighted by Gasteiger charge is -2.22. The fourth-order valence-electron chi connectivity index (χ4n) is 3.51. The van der Waals surface area contributed by atoms with Crippen LogP contribution in [0.3, 0.4) is 0 Å². The molecule has 0 atom stereocenters. The number of hydrogen-bond donors (Lipinski definition) is 0. The number of rotatable bonds is 10. The van der Waals surface area contributed by atoms with Gasteiger partial charge in [-0.2, -0.15) is 0 Å². The van der Waals surface area contributed by atoms with E-state index < -0.39 is 0 Å². The van der Waals surface area contributed by atoms with Gasteiger partial charge in [-0.15, -0.1) is 0 Å². The Morgan fingerprint density at radius 1 is 1.12 bits per heavy atom. The molecule has 0 spiro atoms. The maximum Gasteiger partial charge on any atom is 0.266 e. The maximum atomic E-state index is 12.9. The van der Waals surface area contributed by atoms with E-state index in [9.17, 15) is 9.59 Å². The zero-order chi connectivity index (χ0) is 23.8. The van der Waals surface area contributed by atoms with E-state index >= 15 is 0 Å². The first kappa shape index (κ1) is 24.8. The van der Waals surface area contributed by atoms with Gasteiger partial charge in [-0.25, -0.2) is 0 Å². The van der Waals surface area contributed by atoms with Gasteiger partial charge in [0.15, 0.2) is 11.5 Å². The topological polar surface area (TPSA) is 59.1 Å². The first-order valence-corrected chi connectivity index (χ1v) is 12.0. The molecule has 1 heterocycles. The molecule has 1 fully saturated rings. The number of thiocarbonyl (C=S) groups is 1. The molecule has 0 unspecified atom stereocenters. The summed E-state index contributed by atoms with van der Waals surface area (Å²) in [5.74, 6) is 1.16. The SMILES string of the molecule is CCN(Cc1ccccc1)C(=O)CCCN1C(=O)/C(=C/c2ccc(OC)c(OC)c2)SC1=S. The minimum Gasteiger partial charge on any atom is -0.493 e. The van der Waals surface area contributed by atoms with Gasteiger partial charge in [0.05, 0.1) is 19.1 Å². The number of thioether (sulfide) groups is 1. The Kier molecular flexibility index (Phi) is 8.91. The normalized spacial score (nSPS) is 14.6. The number of amides is 2. The third kappa shape index (κ3) is 6.36. The van der Waals surface area contributed by atoms with Crippen LogP contribution >= 0.6 is 24.0 Å². The molecule has 1 saturated heterocycles. The second-order valence-electron chi connectivity index (χ2n) is 7.44. The van der Waals surface area contributed by atoms with Crippen molar-refractivity contribution < 1.29 is 19.1 Å². The molecule has 0 bridgehead atoms. The summed E-state index contributed by atoms with van der Waals surface area (Å²) in [4.78, 5) is 29.5. The second kappa shape index (κ2) is 11.9. The van der Waals surface area contributed by atoms with Gasteiger partial charge in [0.25, 0.3) is 5.91 Å². The molecule has 0 saturated carbocycles. The molecule has 0 radical (unpaired) electrons. The fraction of sp³-hybridized carbons (Fsp3) is 0.320. The molecule has 33 heavy (non-hydrogen) atoms. The van der Waals surface area contributed by atoms with Crippen molar-refractivity contribution in [2.45, 2.75) is 26.3 Å². The smallest absolute Gasteiger partial charge is 0.266 e. The summed E-state index contributed by atoms with van der Waals surface area (Å²) in [7, 11) is 3.15. The van der Waals surface area contributed by atoms with Crippen LogP contribution in [0.25, 0.3) is 6.08 Å². The Balaban J connectivity index is 1.57. The average Bonchev–Trinajstić information content (AvgIpc) is 3.10. The number of nitrogens with zero attached hydrogens (tertiary/aromatic N) is 2. The van der Waals surface area contributed by atoms with Gasteiger partial charge in [0.2, 0.25) is 5.91 Å². The van der Waals surface area contributed by atoms with Crippen LogP contribution < -0.4 is 9.47 Å². The van der Waals surface area contributed by atoms with Crippen LogP contribution in [-0.4, -0.2) is 53.2 Å². The summed E-state index contributed by atoms with van der Waals surface area (Å²) < 4.78 is 11.1. The predicted octanol–water partition coefficient (Wildman–Crippen LogP) is 4.73. The highest BCUT2D eigenvalue weighted by molar-refractivity contribution is 8.26. The Morgan fingerprint density at radius 2 is 1.85 bits per heavy atom. The molecule has 0 aromatic heterocycles. The predicted molar refractivity (Wildman–Crippen MR) is 136 cm³/mol. The number of ether oxygens (including phenoxy) is 2. The van der Waals surface area contributed by atoms with E-state index in [4.69, 9.17) is 21.7 Å². The molecule has 0 N–H and O–H groups in total. The van der Waals surface area contributed by atoms with Gasteiger partial charge in [-0.3, -0.25) is 14.5 Å². The number of carbonyl (C=O) groups is 2. The molecule has 0 aliphatic carbocycles. The van der Waals surface area contributed by atoms with E-state index in [-0.39, 0.29) is 11.8 Å². The summed E-state index contributed by atoms with van der Waals surface area (Å²) >= 11 is 6.70. The van der Waals surface area contributed by atoms with Crippen LogP contribution in [0.4, 0.5) is 0 Å². The summed E-state index contributed by atoms with van der Waals surface area (Å²) in [5, 5.41) is 0. The fourth-order valence-corrected chi connectivity index (χ4v) is 4.82. The number of benzene rings is 2. The molecule has 2 aromatic rings. The van der Waals surface area contributed by atoms with E-state index in [0.29, 0.717) is 53.2 Å². The van der Waals surface area contributed by atoms with E-state index in [1.807, 2.05) is 54.3 Å². The van der Waals surface area contributed by atoms with Crippen molar-refractivity contribution in [1.29, 1.82) is 0 Å². The zero-order valence-electron chi connectivity index (χ0n) is 19.1. The highest BCUT2D eigenvalue weighted by Crippen LogP contribution is 2.34. The number of hydrogen-bond acceptors (Lipinski definition) is 6. The summed E-state index contributed by atoms with van der Waals surface area (Å²) in [5.41, 5.74) is 1.92. The van der Waals surface area contributed by atoms with E-state index in [2.05, 4.69) is 0 Å². The molecular formula is C25H28N2O4S2. The van der Waals surface area contributed by atoms with Crippen molar-refractivity contribution in [3.63, 3.8) is 0 Å². The van der Waals surface area contributed by atoms with Crippen LogP contribution in [0.2, 0.25) is 0 Å². The average molecular weight is 485 g/mol. The molecule has 2 amide bonds. The largest absolute Gasteiger partial charge is 0.493 e. The molecule has 6 nitrogen and oxygen atoms in total. The minimum atomic E-state index is -0.135. The molecule has 2 aromatic carbocycles. The van der Waals surface area contributed by atoms with E-state index in [1.165, 1.54) is 11.8 Å². The Hall–Kier alpha value is -2.84. The van der Waals surface area contributed by atoms with Gasteiger partial charge in [0, 0.05) is 26.1 Å². The van der Waals surface area contributed by atoms with Crippen LogP contribution in [0.1, 0.15) is 30.9 Å². The Bertz CT molecular complexity index is 1040. The first-order valence-electron chi connectivity index (χ1n) is 10.8. The van der Waals surface area contributed by atoms with Crippen LogP contribution in [0.5, 0.6) is 11.5 Å². The summed E-state index contributed by atoms with van der Waals surface area (Å²) in [6, 6.07) is 15.4. The standard InChI is InChI=1S/C25H28N2O4S2/c1-4-26(17-18-9-6-5-7-10-18)23(28)11-8-14-27-24(29)22(33-25(27)32)16-19-12-13-20(30-2)21(15-19)31-3/h5-7,9-10,12-13,15-16H,4,8,11,14,17H2,1-3H3/b22-16-. The second-order valence-corrected chi connectivity index (χ2v) is 9.12. The van der Waals surface area contributed by atoms with Crippen LogP contribution in [-0.2, 0) is 16.1 Å². The molecular weight excluding hydrogens is 456 g/mol. The van der Waals surface area contributed by atoms with Gasteiger partial charge < -0.3 is 14.4 Å². The molecule has 3 rings (SSSR count). The maximum absolute atomic E-state index is 12.9. The van der Waals surface area contributed by atoms with Crippen molar-refractivity contribution in [2.24, 2.45) is 0 Å². The zero-order valence-corrected chi connectivity index (χ0v) is 20.7. The highest BCUT2D eigenvalue weighted by atomic mass is 32.2. The lowest BCUT2D eigenvalue weighted by molar-refractivity contribution is -0.132. The molecule has 1 aliphatic heterocycles. The lowest BCUT2D eigenvalue weighted by Crippen LogP contribution is -2.32. The summed E-state index contributed by atoms with van der Waals surface area (Å²) in [6.07, 6.45) is 2.72. The molecule has 174 valence electrons. The Morgan fingerprint density at radius 3 is 2.52 bits per heavy atom. The third-order valence-electron chi connectivity index (χ3n) is 5.30. The number of methoxy groups -OCH3 is 2.